The minimum Gasteiger partial charge on any atom is -0.390 e. The van der Waals surface area contributed by atoms with Gasteiger partial charge in [-0.3, -0.25) is 4.79 Å². The zero-order valence-electron chi connectivity index (χ0n) is 17.8. The van der Waals surface area contributed by atoms with Crippen LogP contribution in [-0.2, 0) is 11.2 Å². The zero-order chi connectivity index (χ0) is 22.5. The molecule has 0 unspecified atom stereocenters. The van der Waals surface area contributed by atoms with Gasteiger partial charge in [-0.25, -0.2) is 15.0 Å². The number of carbonyl (C=O) groups excluding carboxylic acids is 1. The van der Waals surface area contributed by atoms with Gasteiger partial charge in [0.15, 0.2) is 0 Å². The van der Waals surface area contributed by atoms with Crippen LogP contribution >= 0.6 is 11.8 Å². The van der Waals surface area contributed by atoms with Crippen LogP contribution in [0.15, 0.2) is 53.9 Å². The van der Waals surface area contributed by atoms with Crippen LogP contribution in [0.4, 0.5) is 5.82 Å². The van der Waals surface area contributed by atoms with Crippen LogP contribution < -0.4 is 5.32 Å². The molecule has 4 atom stereocenters. The first-order valence-electron chi connectivity index (χ1n) is 11.1. The molecule has 2 aliphatic rings. The average molecular weight is 462 g/mol. The predicted molar refractivity (Wildman–Crippen MR) is 126 cm³/mol. The normalized spacial score (nSPS) is 24.8. The number of rotatable bonds is 4. The molecule has 33 heavy (non-hydrogen) atoms. The molecular formula is C24H23N5O3S. The van der Waals surface area contributed by atoms with Crippen molar-refractivity contribution in [1.29, 1.82) is 0 Å². The molecule has 8 nitrogen and oxygen atoms in total. The fourth-order valence-corrected chi connectivity index (χ4v) is 5.84. The van der Waals surface area contributed by atoms with Crippen molar-refractivity contribution in [1.82, 2.24) is 19.5 Å². The van der Waals surface area contributed by atoms with Gasteiger partial charge in [-0.05, 0) is 48.9 Å². The lowest BCUT2D eigenvalue weighted by atomic mass is 9.95. The number of aliphatic hydroxyl groups excluding tert-OH is 2. The number of nitrogens with zero attached hydrogens (tertiary/aromatic N) is 4. The van der Waals surface area contributed by atoms with E-state index in [-0.39, 0.29) is 17.9 Å². The number of benzene rings is 1. The summed E-state index contributed by atoms with van der Waals surface area (Å²) >= 11 is 1.51. The van der Waals surface area contributed by atoms with Gasteiger partial charge in [0.1, 0.15) is 23.9 Å². The molecule has 6 rings (SSSR count). The van der Waals surface area contributed by atoms with Crippen LogP contribution in [0.5, 0.6) is 0 Å². The van der Waals surface area contributed by atoms with E-state index in [1.54, 1.807) is 6.20 Å². The lowest BCUT2D eigenvalue weighted by Crippen LogP contribution is -2.29. The molecule has 4 heterocycles. The van der Waals surface area contributed by atoms with E-state index >= 15 is 0 Å². The first-order valence-corrected chi connectivity index (χ1v) is 12.0. The van der Waals surface area contributed by atoms with E-state index in [2.05, 4.69) is 38.5 Å². The summed E-state index contributed by atoms with van der Waals surface area (Å²) < 4.78 is 1.96. The van der Waals surface area contributed by atoms with Crippen molar-refractivity contribution in [3.05, 3.63) is 54.6 Å². The number of aromatic nitrogens is 4. The molecule has 4 aromatic rings. The molecule has 1 saturated carbocycles. The van der Waals surface area contributed by atoms with E-state index in [0.717, 1.165) is 45.2 Å². The van der Waals surface area contributed by atoms with Crippen LogP contribution in [-0.4, -0.2) is 53.6 Å². The molecule has 0 saturated heterocycles. The van der Waals surface area contributed by atoms with Crippen molar-refractivity contribution >= 4 is 45.4 Å². The first-order chi connectivity index (χ1) is 16.1. The molecule has 1 amide bonds. The highest BCUT2D eigenvalue weighted by Gasteiger charge is 2.42. The third kappa shape index (κ3) is 3.66. The topological polar surface area (TPSA) is 113 Å². The van der Waals surface area contributed by atoms with Gasteiger partial charge in [0.05, 0.1) is 28.3 Å². The number of anilines is 1. The summed E-state index contributed by atoms with van der Waals surface area (Å²) in [6.45, 7) is 0. The van der Waals surface area contributed by atoms with E-state index in [0.29, 0.717) is 18.0 Å². The maximum absolute atomic E-state index is 11.7. The van der Waals surface area contributed by atoms with E-state index in [1.807, 2.05) is 22.9 Å². The molecule has 9 heteroatoms. The van der Waals surface area contributed by atoms with E-state index < -0.39 is 12.2 Å². The summed E-state index contributed by atoms with van der Waals surface area (Å²) in [5.41, 5.74) is 2.74. The number of hydrogen-bond donors (Lipinski definition) is 3. The minimum atomic E-state index is -0.841. The summed E-state index contributed by atoms with van der Waals surface area (Å²) in [6.07, 6.45) is 5.75. The second-order valence-electron chi connectivity index (χ2n) is 8.81. The molecule has 1 aromatic carbocycles. The third-order valence-electron chi connectivity index (χ3n) is 6.77. The molecule has 0 spiro atoms. The largest absolute Gasteiger partial charge is 0.390 e. The lowest BCUT2D eigenvalue weighted by molar-refractivity contribution is -0.113. The summed E-state index contributed by atoms with van der Waals surface area (Å²) in [4.78, 5) is 25.7. The lowest BCUT2D eigenvalue weighted by Gasteiger charge is -2.19. The van der Waals surface area contributed by atoms with Crippen LogP contribution in [0, 0.1) is 5.92 Å². The van der Waals surface area contributed by atoms with E-state index in [1.165, 1.54) is 18.1 Å². The SMILES string of the molecule is O=C1CSc2cc3ccc(CC[C@H]4C[C@@H](n5ccc6cncnc65)[C@H](O)[C@@H]4O)cc3nc2N1. The summed E-state index contributed by atoms with van der Waals surface area (Å²) in [5.74, 6) is 0.995. The Labute approximate surface area is 194 Å². The highest BCUT2D eigenvalue weighted by molar-refractivity contribution is 8.00. The molecule has 168 valence electrons. The van der Waals surface area contributed by atoms with Gasteiger partial charge in [-0.1, -0.05) is 12.1 Å². The fraction of sp³-hybridized carbons (Fsp3) is 0.333. The number of thioether (sulfide) groups is 1. The van der Waals surface area contributed by atoms with Crippen molar-refractivity contribution in [2.75, 3.05) is 11.1 Å². The highest BCUT2D eigenvalue weighted by Crippen LogP contribution is 2.39. The number of amides is 1. The summed E-state index contributed by atoms with van der Waals surface area (Å²) in [5, 5.41) is 26.3. The van der Waals surface area contributed by atoms with Crippen molar-refractivity contribution in [2.45, 2.75) is 42.4 Å². The van der Waals surface area contributed by atoms with Crippen molar-refractivity contribution in [2.24, 2.45) is 5.92 Å². The molecule has 3 aromatic heterocycles. The van der Waals surface area contributed by atoms with Gasteiger partial charge >= 0.3 is 0 Å². The quantitative estimate of drug-likeness (QED) is 0.428. The zero-order valence-corrected chi connectivity index (χ0v) is 18.6. The molecular weight excluding hydrogens is 438 g/mol. The number of carbonyl (C=O) groups is 1. The Morgan fingerprint density at radius 1 is 1.15 bits per heavy atom. The maximum atomic E-state index is 11.7. The van der Waals surface area contributed by atoms with Crippen LogP contribution in [0.25, 0.3) is 21.9 Å². The standard InChI is InChI=1S/C24H23N5O3S/c30-20-11-33-19-9-14-3-1-13(7-17(14)27-23(19)28-20)2-4-15-8-18(22(32)21(15)31)29-6-5-16-10-25-12-26-24(16)29/h1,3,5-7,9-10,12,15,18,21-22,31-32H,2,4,8,11H2,(H,27,28,30)/t15-,18+,21+,22-/m0/s1. The number of hydrogen-bond acceptors (Lipinski definition) is 7. The Morgan fingerprint density at radius 2 is 2.06 bits per heavy atom. The number of aliphatic hydroxyl groups is 2. The highest BCUT2D eigenvalue weighted by atomic mass is 32.2. The number of pyridine rings is 1. The van der Waals surface area contributed by atoms with Crippen molar-refractivity contribution < 1.29 is 15.0 Å². The fourth-order valence-electron chi connectivity index (χ4n) is 5.04. The van der Waals surface area contributed by atoms with Gasteiger partial charge in [-0.2, -0.15) is 0 Å². The van der Waals surface area contributed by atoms with Gasteiger partial charge in [0.2, 0.25) is 5.91 Å². The Kier molecular flexibility index (Phi) is 5.05. The van der Waals surface area contributed by atoms with Gasteiger partial charge in [-0.15, -0.1) is 11.8 Å². The smallest absolute Gasteiger partial charge is 0.235 e. The van der Waals surface area contributed by atoms with Gasteiger partial charge in [0, 0.05) is 23.2 Å². The average Bonchev–Trinajstić information content (AvgIpc) is 3.37. The van der Waals surface area contributed by atoms with Gasteiger partial charge < -0.3 is 20.1 Å². The third-order valence-corrected chi connectivity index (χ3v) is 7.80. The monoisotopic (exact) mass is 461 g/mol. The minimum absolute atomic E-state index is 0.0211. The molecule has 1 aliphatic carbocycles. The number of nitrogens with one attached hydrogen (secondary N) is 1. The van der Waals surface area contributed by atoms with Crippen LogP contribution in [0.1, 0.15) is 24.4 Å². The second kappa shape index (κ2) is 8.09. The van der Waals surface area contributed by atoms with Crippen LogP contribution in [0.3, 0.4) is 0 Å². The van der Waals surface area contributed by atoms with E-state index in [4.69, 9.17) is 0 Å². The predicted octanol–water partition coefficient (Wildman–Crippen LogP) is 2.94. The number of aryl methyl sites for hydroxylation is 1. The molecule has 1 aliphatic heterocycles. The Morgan fingerprint density at radius 3 is 2.97 bits per heavy atom. The van der Waals surface area contributed by atoms with Crippen molar-refractivity contribution in [3.63, 3.8) is 0 Å². The van der Waals surface area contributed by atoms with Crippen molar-refractivity contribution in [3.8, 4) is 0 Å². The second-order valence-corrected chi connectivity index (χ2v) is 9.82. The molecule has 0 bridgehead atoms. The Balaban J connectivity index is 1.19. The Hall–Kier alpha value is -3.01. The molecule has 1 fully saturated rings. The van der Waals surface area contributed by atoms with Gasteiger partial charge in [0.25, 0.3) is 0 Å². The summed E-state index contributed by atoms with van der Waals surface area (Å²) in [6, 6.07) is 9.98. The molecule has 3 N–H and O–H groups in total. The Bertz CT molecular complexity index is 1370. The van der Waals surface area contributed by atoms with Crippen LogP contribution in [0.2, 0.25) is 0 Å². The molecule has 0 radical (unpaired) electrons. The maximum Gasteiger partial charge on any atom is 0.235 e. The first kappa shape index (κ1) is 20.6. The van der Waals surface area contributed by atoms with E-state index in [9.17, 15) is 15.0 Å². The number of fused-ring (bicyclic) bond motifs is 3. The summed E-state index contributed by atoms with van der Waals surface area (Å²) in [7, 11) is 0.